The largest absolute Gasteiger partial charge is 0.299 e. The summed E-state index contributed by atoms with van der Waals surface area (Å²) in [5.74, 6) is 0. The standard InChI is InChI=1S/C13H14N2/c1-2-5-13-12(4-1)11(6-7-14-13)10-15-8-3-9-15/h1-2,4-7H,3,8-10H2. The highest BCUT2D eigenvalue weighted by Crippen LogP contribution is 2.19. The van der Waals surface area contributed by atoms with Crippen LogP contribution in [0.25, 0.3) is 10.9 Å². The lowest BCUT2D eigenvalue weighted by Gasteiger charge is -2.30. The summed E-state index contributed by atoms with van der Waals surface area (Å²) in [5, 5.41) is 1.30. The van der Waals surface area contributed by atoms with E-state index in [-0.39, 0.29) is 0 Å². The summed E-state index contributed by atoms with van der Waals surface area (Å²) in [6.07, 6.45) is 3.26. The van der Waals surface area contributed by atoms with Gasteiger partial charge >= 0.3 is 0 Å². The van der Waals surface area contributed by atoms with E-state index in [2.05, 4.69) is 34.1 Å². The number of nitrogens with zero attached hydrogens (tertiary/aromatic N) is 2. The molecule has 2 aromatic rings. The maximum atomic E-state index is 4.37. The SMILES string of the molecule is c1ccc2c(CN3CCC3)ccnc2c1. The Labute approximate surface area is 89.5 Å². The quantitative estimate of drug-likeness (QED) is 0.736. The van der Waals surface area contributed by atoms with Crippen molar-refractivity contribution in [3.8, 4) is 0 Å². The molecule has 1 aromatic heterocycles. The molecule has 1 aliphatic heterocycles. The number of hydrogen-bond acceptors (Lipinski definition) is 2. The van der Waals surface area contributed by atoms with E-state index in [0.717, 1.165) is 12.1 Å². The molecule has 0 unspecified atom stereocenters. The Bertz CT molecular complexity index is 469. The van der Waals surface area contributed by atoms with Gasteiger partial charge in [-0.2, -0.15) is 0 Å². The van der Waals surface area contributed by atoms with E-state index in [4.69, 9.17) is 0 Å². The topological polar surface area (TPSA) is 16.1 Å². The summed E-state index contributed by atoms with van der Waals surface area (Å²) < 4.78 is 0. The molecule has 0 bridgehead atoms. The molecule has 0 saturated carbocycles. The molecule has 15 heavy (non-hydrogen) atoms. The van der Waals surface area contributed by atoms with Crippen LogP contribution in [0.1, 0.15) is 12.0 Å². The molecule has 2 heteroatoms. The van der Waals surface area contributed by atoms with Crippen LogP contribution in [0.5, 0.6) is 0 Å². The van der Waals surface area contributed by atoms with Crippen molar-refractivity contribution in [2.45, 2.75) is 13.0 Å². The number of likely N-dealkylation sites (tertiary alicyclic amines) is 1. The van der Waals surface area contributed by atoms with Gasteiger partial charge in [0.05, 0.1) is 5.52 Å². The minimum atomic E-state index is 1.07. The lowest BCUT2D eigenvalue weighted by Crippen LogP contribution is -2.36. The van der Waals surface area contributed by atoms with Crippen LogP contribution >= 0.6 is 0 Å². The lowest BCUT2D eigenvalue weighted by molar-refractivity contribution is 0.173. The number of aromatic nitrogens is 1. The molecule has 3 rings (SSSR count). The second-order valence-electron chi connectivity index (χ2n) is 4.12. The molecular weight excluding hydrogens is 184 g/mol. The van der Waals surface area contributed by atoms with Gasteiger partial charge in [-0.05, 0) is 37.2 Å². The Morgan fingerprint density at radius 1 is 1.13 bits per heavy atom. The molecule has 0 aliphatic carbocycles. The van der Waals surface area contributed by atoms with Crippen molar-refractivity contribution < 1.29 is 0 Å². The Morgan fingerprint density at radius 2 is 2.00 bits per heavy atom. The van der Waals surface area contributed by atoms with E-state index in [1.54, 1.807) is 0 Å². The molecule has 1 aromatic carbocycles. The molecule has 0 atom stereocenters. The van der Waals surface area contributed by atoms with Crippen molar-refractivity contribution in [1.29, 1.82) is 0 Å². The first-order chi connectivity index (χ1) is 7.43. The molecule has 0 N–H and O–H groups in total. The van der Waals surface area contributed by atoms with Crippen molar-refractivity contribution in [1.82, 2.24) is 9.88 Å². The third kappa shape index (κ3) is 1.61. The Hall–Kier alpha value is -1.41. The zero-order valence-corrected chi connectivity index (χ0v) is 8.69. The third-order valence-electron chi connectivity index (χ3n) is 3.08. The maximum absolute atomic E-state index is 4.37. The Morgan fingerprint density at radius 3 is 2.80 bits per heavy atom. The molecule has 1 fully saturated rings. The zero-order chi connectivity index (χ0) is 10.1. The third-order valence-corrected chi connectivity index (χ3v) is 3.08. The van der Waals surface area contributed by atoms with Crippen LogP contribution in [-0.4, -0.2) is 23.0 Å². The van der Waals surface area contributed by atoms with Crippen molar-refractivity contribution in [3.05, 3.63) is 42.1 Å². The zero-order valence-electron chi connectivity index (χ0n) is 8.69. The Balaban J connectivity index is 2.01. The lowest BCUT2D eigenvalue weighted by atomic mass is 10.1. The number of hydrogen-bond donors (Lipinski definition) is 0. The summed E-state index contributed by atoms with van der Waals surface area (Å²) in [5.41, 5.74) is 2.51. The molecule has 76 valence electrons. The van der Waals surface area contributed by atoms with E-state index in [1.807, 2.05) is 12.3 Å². The highest BCUT2D eigenvalue weighted by Gasteiger charge is 2.14. The van der Waals surface area contributed by atoms with Gasteiger partial charge in [0.25, 0.3) is 0 Å². The van der Waals surface area contributed by atoms with Gasteiger partial charge in [-0.1, -0.05) is 18.2 Å². The minimum absolute atomic E-state index is 1.07. The summed E-state index contributed by atoms with van der Waals surface area (Å²) in [6.45, 7) is 3.57. The molecule has 2 heterocycles. The molecular formula is C13H14N2. The predicted molar refractivity (Wildman–Crippen MR) is 61.6 cm³/mol. The van der Waals surface area contributed by atoms with Gasteiger partial charge in [0.1, 0.15) is 0 Å². The molecule has 1 aliphatic rings. The van der Waals surface area contributed by atoms with E-state index >= 15 is 0 Å². The van der Waals surface area contributed by atoms with Crippen LogP contribution in [0.4, 0.5) is 0 Å². The van der Waals surface area contributed by atoms with Crippen LogP contribution in [0, 0.1) is 0 Å². The molecule has 1 saturated heterocycles. The first kappa shape index (κ1) is 8.86. The van der Waals surface area contributed by atoms with E-state index in [0.29, 0.717) is 0 Å². The molecule has 0 spiro atoms. The molecule has 0 amide bonds. The summed E-state index contributed by atoms with van der Waals surface area (Å²) in [6, 6.07) is 10.5. The van der Waals surface area contributed by atoms with E-state index in [9.17, 15) is 0 Å². The van der Waals surface area contributed by atoms with Gasteiger partial charge in [-0.3, -0.25) is 9.88 Å². The average Bonchev–Trinajstić information content (AvgIpc) is 2.23. The minimum Gasteiger partial charge on any atom is -0.299 e. The fourth-order valence-electron chi connectivity index (χ4n) is 2.07. The number of fused-ring (bicyclic) bond motifs is 1. The first-order valence-electron chi connectivity index (χ1n) is 5.48. The average molecular weight is 198 g/mol. The van der Waals surface area contributed by atoms with Crippen LogP contribution < -0.4 is 0 Å². The van der Waals surface area contributed by atoms with Crippen molar-refractivity contribution in [2.24, 2.45) is 0 Å². The van der Waals surface area contributed by atoms with Gasteiger partial charge in [0, 0.05) is 18.1 Å². The summed E-state index contributed by atoms with van der Waals surface area (Å²) in [7, 11) is 0. The maximum Gasteiger partial charge on any atom is 0.0705 e. The van der Waals surface area contributed by atoms with Crippen LogP contribution in [-0.2, 0) is 6.54 Å². The van der Waals surface area contributed by atoms with Crippen LogP contribution in [0.2, 0.25) is 0 Å². The van der Waals surface area contributed by atoms with Crippen molar-refractivity contribution in [2.75, 3.05) is 13.1 Å². The normalized spacial score (nSPS) is 16.5. The Kier molecular flexibility index (Phi) is 2.14. The van der Waals surface area contributed by atoms with Gasteiger partial charge in [-0.25, -0.2) is 0 Å². The second kappa shape index (κ2) is 3.63. The highest BCUT2D eigenvalue weighted by molar-refractivity contribution is 5.81. The van der Waals surface area contributed by atoms with Crippen molar-refractivity contribution in [3.63, 3.8) is 0 Å². The van der Waals surface area contributed by atoms with Crippen LogP contribution in [0.15, 0.2) is 36.5 Å². The van der Waals surface area contributed by atoms with Gasteiger partial charge in [0.2, 0.25) is 0 Å². The van der Waals surface area contributed by atoms with E-state index in [1.165, 1.54) is 30.5 Å². The van der Waals surface area contributed by atoms with Gasteiger partial charge in [-0.15, -0.1) is 0 Å². The number of rotatable bonds is 2. The molecule has 0 radical (unpaired) electrons. The van der Waals surface area contributed by atoms with Gasteiger partial charge in [0.15, 0.2) is 0 Å². The van der Waals surface area contributed by atoms with E-state index < -0.39 is 0 Å². The summed E-state index contributed by atoms with van der Waals surface area (Å²) in [4.78, 5) is 6.85. The first-order valence-corrected chi connectivity index (χ1v) is 5.48. The number of pyridine rings is 1. The second-order valence-corrected chi connectivity index (χ2v) is 4.12. The fourth-order valence-corrected chi connectivity index (χ4v) is 2.07. The fraction of sp³-hybridized carbons (Fsp3) is 0.308. The summed E-state index contributed by atoms with van der Waals surface area (Å²) >= 11 is 0. The predicted octanol–water partition coefficient (Wildman–Crippen LogP) is 2.44. The number of para-hydroxylation sites is 1. The van der Waals surface area contributed by atoms with Gasteiger partial charge < -0.3 is 0 Å². The highest BCUT2D eigenvalue weighted by atomic mass is 15.2. The monoisotopic (exact) mass is 198 g/mol. The van der Waals surface area contributed by atoms with Crippen molar-refractivity contribution >= 4 is 10.9 Å². The van der Waals surface area contributed by atoms with Crippen LogP contribution in [0.3, 0.4) is 0 Å². The molecule has 2 nitrogen and oxygen atoms in total. The number of benzene rings is 1. The smallest absolute Gasteiger partial charge is 0.0705 e.